The Hall–Kier alpha value is -3.50. The Labute approximate surface area is 196 Å². The van der Waals surface area contributed by atoms with Crippen LogP contribution in [0, 0.1) is 5.92 Å². The summed E-state index contributed by atoms with van der Waals surface area (Å²) in [7, 11) is 1.81. The molecule has 0 bridgehead atoms. The van der Waals surface area contributed by atoms with E-state index in [-0.39, 0.29) is 18.0 Å². The number of aliphatic hydroxyl groups is 1. The molecule has 2 fully saturated rings. The number of nitrogens with one attached hydrogen (secondary N) is 2. The van der Waals surface area contributed by atoms with Crippen LogP contribution in [0.1, 0.15) is 36.2 Å². The number of rotatable bonds is 5. The average molecular weight is 462 g/mol. The number of aliphatic hydroxyl groups excluding tert-OH is 1. The summed E-state index contributed by atoms with van der Waals surface area (Å²) >= 11 is 0. The summed E-state index contributed by atoms with van der Waals surface area (Å²) in [6.07, 6.45) is 6.40. The Morgan fingerprint density at radius 1 is 1.32 bits per heavy atom. The fourth-order valence-electron chi connectivity index (χ4n) is 4.78. The van der Waals surface area contributed by atoms with E-state index >= 15 is 0 Å². The summed E-state index contributed by atoms with van der Waals surface area (Å²) in [5.74, 6) is 1.06. The van der Waals surface area contributed by atoms with E-state index in [4.69, 9.17) is 9.72 Å². The minimum Gasteiger partial charge on any atom is -0.389 e. The number of ether oxygens (including phenoxy) is 1. The van der Waals surface area contributed by atoms with Gasteiger partial charge < -0.3 is 25.0 Å². The predicted octanol–water partition coefficient (Wildman–Crippen LogP) is 2.25. The molecule has 3 N–H and O–H groups in total. The van der Waals surface area contributed by atoms with Crippen LogP contribution in [0.3, 0.4) is 0 Å². The van der Waals surface area contributed by atoms with Gasteiger partial charge in [-0.2, -0.15) is 9.61 Å². The highest BCUT2D eigenvalue weighted by molar-refractivity contribution is 6.01. The van der Waals surface area contributed by atoms with Crippen LogP contribution in [0.5, 0.6) is 0 Å². The van der Waals surface area contributed by atoms with Gasteiger partial charge in [0, 0.05) is 49.1 Å². The first-order valence-corrected chi connectivity index (χ1v) is 11.6. The molecule has 5 heterocycles. The summed E-state index contributed by atoms with van der Waals surface area (Å²) in [6.45, 7) is 3.01. The molecule has 0 aromatic carbocycles. The van der Waals surface area contributed by atoms with Crippen molar-refractivity contribution in [2.75, 3.05) is 25.6 Å². The Balaban J connectivity index is 1.49. The smallest absolute Gasteiger partial charge is 0.256 e. The van der Waals surface area contributed by atoms with Crippen molar-refractivity contribution in [2.24, 2.45) is 5.92 Å². The molecule has 4 atom stereocenters. The number of carbonyl (C=O) groups excluding carboxylic acids is 1. The fraction of sp³-hybridized carbons (Fsp3) is 0.417. The van der Waals surface area contributed by atoms with E-state index in [1.807, 2.05) is 36.0 Å². The van der Waals surface area contributed by atoms with Gasteiger partial charge in [-0.1, -0.05) is 6.92 Å². The second-order valence-electron chi connectivity index (χ2n) is 9.19. The second-order valence-corrected chi connectivity index (χ2v) is 9.19. The Bertz CT molecular complexity index is 1390. The zero-order chi connectivity index (χ0) is 23.4. The summed E-state index contributed by atoms with van der Waals surface area (Å²) in [6, 6.07) is 5.89. The molecule has 1 amide bonds. The highest BCUT2D eigenvalue weighted by atomic mass is 16.5. The number of carbonyl (C=O) groups is 1. The van der Waals surface area contributed by atoms with Crippen LogP contribution >= 0.6 is 0 Å². The van der Waals surface area contributed by atoms with Crippen molar-refractivity contribution in [1.82, 2.24) is 29.5 Å². The molecule has 2 aliphatic rings. The topological polar surface area (TPSA) is 119 Å². The van der Waals surface area contributed by atoms with E-state index in [1.54, 1.807) is 16.9 Å². The maximum atomic E-state index is 12.9. The molecule has 0 spiro atoms. The lowest BCUT2D eigenvalue weighted by Gasteiger charge is -2.29. The highest BCUT2D eigenvalue weighted by Gasteiger charge is 2.35. The Kier molecular flexibility index (Phi) is 5.00. The third-order valence-electron chi connectivity index (χ3n) is 6.91. The first kappa shape index (κ1) is 21.1. The van der Waals surface area contributed by atoms with Crippen LogP contribution in [-0.4, -0.2) is 67.6 Å². The standard InChI is InChI=1S/C24H27N7O3/c1-13-8-17(13)29-24(33)15-10-27-31-21(25-2)9-18(28-23(15)31)16-11-30(19-5-7-34-12-20(19)32)22-14(16)4-3-6-26-22/h3-4,6,9-11,13,17,19-20,25,32H,5,7-8,12H2,1-2H3,(H,29,33)/t13-,17+,19+,20+/m0/s1. The quantitative estimate of drug-likeness (QED) is 0.417. The van der Waals surface area contributed by atoms with Gasteiger partial charge in [0.25, 0.3) is 5.91 Å². The minimum atomic E-state index is -0.613. The molecule has 176 valence electrons. The lowest BCUT2D eigenvalue weighted by molar-refractivity contribution is -0.0375. The molecule has 1 aliphatic heterocycles. The van der Waals surface area contributed by atoms with E-state index in [0.29, 0.717) is 42.5 Å². The normalized spacial score (nSPS) is 24.4. The predicted molar refractivity (Wildman–Crippen MR) is 127 cm³/mol. The molecule has 10 heteroatoms. The lowest BCUT2D eigenvalue weighted by Crippen LogP contribution is -2.34. The molecule has 4 aromatic heterocycles. The molecule has 4 aromatic rings. The van der Waals surface area contributed by atoms with Crippen LogP contribution in [-0.2, 0) is 4.74 Å². The number of aromatic nitrogens is 5. The SMILES string of the molecule is CNc1cc(-c2cn([C@@H]3CCOC[C@H]3O)c3ncccc23)nc2c(C(=O)N[C@@H]3C[C@@H]3C)cnn12. The summed E-state index contributed by atoms with van der Waals surface area (Å²) in [4.78, 5) is 22.4. The molecule has 1 saturated carbocycles. The third kappa shape index (κ3) is 3.41. The van der Waals surface area contributed by atoms with Crippen molar-refractivity contribution in [1.29, 1.82) is 0 Å². The third-order valence-corrected chi connectivity index (χ3v) is 6.91. The molecular formula is C24H27N7O3. The monoisotopic (exact) mass is 461 g/mol. The van der Waals surface area contributed by atoms with Crippen molar-refractivity contribution in [3.05, 3.63) is 42.4 Å². The number of hydrogen-bond acceptors (Lipinski definition) is 7. The van der Waals surface area contributed by atoms with Gasteiger partial charge in [-0.25, -0.2) is 9.97 Å². The number of hydrogen-bond donors (Lipinski definition) is 3. The van der Waals surface area contributed by atoms with Crippen molar-refractivity contribution >= 4 is 28.4 Å². The Morgan fingerprint density at radius 3 is 2.94 bits per heavy atom. The van der Waals surface area contributed by atoms with Gasteiger partial charge >= 0.3 is 0 Å². The van der Waals surface area contributed by atoms with Gasteiger partial charge in [0.1, 0.15) is 17.0 Å². The van der Waals surface area contributed by atoms with Gasteiger partial charge in [0.05, 0.1) is 30.6 Å². The minimum absolute atomic E-state index is 0.135. The first-order valence-electron chi connectivity index (χ1n) is 11.6. The molecular weight excluding hydrogens is 434 g/mol. The molecule has 1 saturated heterocycles. The number of nitrogens with zero attached hydrogens (tertiary/aromatic N) is 5. The van der Waals surface area contributed by atoms with Gasteiger partial charge in [-0.15, -0.1) is 0 Å². The zero-order valence-corrected chi connectivity index (χ0v) is 19.1. The maximum Gasteiger partial charge on any atom is 0.256 e. The molecule has 10 nitrogen and oxygen atoms in total. The van der Waals surface area contributed by atoms with Crippen molar-refractivity contribution in [3.8, 4) is 11.3 Å². The van der Waals surface area contributed by atoms with Gasteiger partial charge in [0.2, 0.25) is 0 Å². The number of amides is 1. The summed E-state index contributed by atoms with van der Waals surface area (Å²) in [5.41, 5.74) is 3.29. The van der Waals surface area contributed by atoms with Crippen molar-refractivity contribution in [2.45, 2.75) is 38.0 Å². The molecule has 34 heavy (non-hydrogen) atoms. The number of pyridine rings is 1. The number of fused-ring (bicyclic) bond motifs is 2. The fourth-order valence-corrected chi connectivity index (χ4v) is 4.78. The van der Waals surface area contributed by atoms with Crippen LogP contribution in [0.15, 0.2) is 36.8 Å². The second kappa shape index (κ2) is 8.07. The molecule has 0 radical (unpaired) electrons. The van der Waals surface area contributed by atoms with Gasteiger partial charge in [0.15, 0.2) is 5.65 Å². The average Bonchev–Trinajstić information content (AvgIpc) is 3.23. The van der Waals surface area contributed by atoms with E-state index in [2.05, 4.69) is 27.6 Å². The highest BCUT2D eigenvalue weighted by Crippen LogP contribution is 2.35. The van der Waals surface area contributed by atoms with Crippen LogP contribution in [0.2, 0.25) is 0 Å². The van der Waals surface area contributed by atoms with E-state index < -0.39 is 6.10 Å². The van der Waals surface area contributed by atoms with Crippen LogP contribution < -0.4 is 10.6 Å². The Morgan fingerprint density at radius 2 is 2.18 bits per heavy atom. The summed E-state index contributed by atoms with van der Waals surface area (Å²) in [5, 5.41) is 22.2. The largest absolute Gasteiger partial charge is 0.389 e. The molecule has 0 unspecified atom stereocenters. The lowest BCUT2D eigenvalue weighted by atomic mass is 10.1. The molecule has 1 aliphatic carbocycles. The van der Waals surface area contributed by atoms with Crippen LogP contribution in [0.4, 0.5) is 5.82 Å². The summed E-state index contributed by atoms with van der Waals surface area (Å²) < 4.78 is 9.10. The molecule has 6 rings (SSSR count). The van der Waals surface area contributed by atoms with E-state index in [1.165, 1.54) is 0 Å². The van der Waals surface area contributed by atoms with Crippen molar-refractivity contribution in [3.63, 3.8) is 0 Å². The number of anilines is 1. The van der Waals surface area contributed by atoms with Gasteiger partial charge in [-0.05, 0) is 30.9 Å². The van der Waals surface area contributed by atoms with Crippen LogP contribution in [0.25, 0.3) is 27.9 Å². The van der Waals surface area contributed by atoms with Crippen molar-refractivity contribution < 1.29 is 14.6 Å². The first-order chi connectivity index (χ1) is 16.5. The maximum absolute atomic E-state index is 12.9. The van der Waals surface area contributed by atoms with E-state index in [0.717, 1.165) is 28.8 Å². The zero-order valence-electron chi connectivity index (χ0n) is 19.1. The van der Waals surface area contributed by atoms with E-state index in [9.17, 15) is 9.90 Å². The van der Waals surface area contributed by atoms with Gasteiger partial charge in [-0.3, -0.25) is 4.79 Å².